The van der Waals surface area contributed by atoms with Crippen LogP contribution in [0.15, 0.2) is 0 Å². The summed E-state index contributed by atoms with van der Waals surface area (Å²) < 4.78 is 0. The van der Waals surface area contributed by atoms with Crippen LogP contribution in [0.5, 0.6) is 0 Å². The number of likely N-dealkylation sites (tertiary alicyclic amines) is 1. The van der Waals surface area contributed by atoms with Gasteiger partial charge < -0.3 is 10.2 Å². The van der Waals surface area contributed by atoms with Gasteiger partial charge >= 0.3 is 0 Å². The standard InChI is InChI=1S/C17H30N2O/c1-2-9-17(10-11-18-13-17)16(20)19-12-5-7-14-6-3-4-8-15(14)19/h14-15,18H,2-13H2,1H3/t14-,15-,17?/m1/s1. The number of hydrogen-bond donors (Lipinski definition) is 1. The van der Waals surface area contributed by atoms with Gasteiger partial charge in [-0.1, -0.05) is 26.2 Å². The second-order valence-electron chi connectivity index (χ2n) is 7.21. The highest BCUT2D eigenvalue weighted by atomic mass is 16.2. The summed E-state index contributed by atoms with van der Waals surface area (Å²) in [5, 5.41) is 3.44. The summed E-state index contributed by atoms with van der Waals surface area (Å²) in [5.41, 5.74) is -0.0753. The lowest BCUT2D eigenvalue weighted by Gasteiger charge is -2.47. The van der Waals surface area contributed by atoms with Gasteiger partial charge in [-0.05, 0) is 51.0 Å². The molecule has 20 heavy (non-hydrogen) atoms. The summed E-state index contributed by atoms with van der Waals surface area (Å²) in [6.45, 7) is 5.17. The largest absolute Gasteiger partial charge is 0.339 e. The summed E-state index contributed by atoms with van der Waals surface area (Å²) in [7, 11) is 0. The van der Waals surface area contributed by atoms with E-state index in [-0.39, 0.29) is 5.41 Å². The lowest BCUT2D eigenvalue weighted by atomic mass is 9.75. The number of fused-ring (bicyclic) bond motifs is 1. The lowest BCUT2D eigenvalue weighted by molar-refractivity contribution is -0.148. The fourth-order valence-electron chi connectivity index (χ4n) is 4.91. The van der Waals surface area contributed by atoms with Gasteiger partial charge in [0.15, 0.2) is 0 Å². The van der Waals surface area contributed by atoms with E-state index in [4.69, 9.17) is 0 Å². The highest BCUT2D eigenvalue weighted by Gasteiger charge is 2.46. The smallest absolute Gasteiger partial charge is 0.230 e. The number of piperidine rings is 1. The maximum atomic E-state index is 13.3. The SMILES string of the molecule is CCCC1(C(=O)N2CCC[C@H]3CCCC[C@H]32)CCNC1. The van der Waals surface area contributed by atoms with Crippen LogP contribution >= 0.6 is 0 Å². The predicted octanol–water partition coefficient (Wildman–Crippen LogP) is 2.95. The molecule has 2 heterocycles. The second kappa shape index (κ2) is 6.05. The Balaban J connectivity index is 1.77. The van der Waals surface area contributed by atoms with Crippen molar-refractivity contribution in [2.75, 3.05) is 19.6 Å². The van der Waals surface area contributed by atoms with Gasteiger partial charge in [0.2, 0.25) is 5.91 Å². The van der Waals surface area contributed by atoms with E-state index in [9.17, 15) is 4.79 Å². The van der Waals surface area contributed by atoms with Crippen LogP contribution in [-0.4, -0.2) is 36.5 Å². The van der Waals surface area contributed by atoms with Gasteiger partial charge in [-0.15, -0.1) is 0 Å². The molecule has 1 unspecified atom stereocenters. The first-order valence-corrected chi connectivity index (χ1v) is 8.79. The van der Waals surface area contributed by atoms with E-state index in [1.54, 1.807) is 0 Å². The van der Waals surface area contributed by atoms with Crippen LogP contribution in [0.4, 0.5) is 0 Å². The van der Waals surface area contributed by atoms with E-state index in [1.165, 1.54) is 38.5 Å². The normalized spacial score (nSPS) is 37.8. The van der Waals surface area contributed by atoms with Gasteiger partial charge in [0.25, 0.3) is 0 Å². The van der Waals surface area contributed by atoms with Crippen molar-refractivity contribution >= 4 is 5.91 Å². The Morgan fingerprint density at radius 2 is 2.05 bits per heavy atom. The first-order chi connectivity index (χ1) is 9.77. The van der Waals surface area contributed by atoms with Crippen molar-refractivity contribution in [3.63, 3.8) is 0 Å². The lowest BCUT2D eigenvalue weighted by Crippen LogP contribution is -2.55. The third-order valence-corrected chi connectivity index (χ3v) is 5.93. The number of hydrogen-bond acceptors (Lipinski definition) is 2. The summed E-state index contributed by atoms with van der Waals surface area (Å²) in [4.78, 5) is 15.6. The van der Waals surface area contributed by atoms with Crippen molar-refractivity contribution in [2.24, 2.45) is 11.3 Å². The number of nitrogens with one attached hydrogen (secondary N) is 1. The molecule has 3 heteroatoms. The number of nitrogens with zero attached hydrogens (tertiary/aromatic N) is 1. The zero-order chi connectivity index (χ0) is 14.0. The van der Waals surface area contributed by atoms with Crippen molar-refractivity contribution < 1.29 is 4.79 Å². The molecule has 2 saturated heterocycles. The quantitative estimate of drug-likeness (QED) is 0.861. The van der Waals surface area contributed by atoms with E-state index in [2.05, 4.69) is 17.1 Å². The van der Waals surface area contributed by atoms with Crippen LogP contribution in [0.1, 0.15) is 64.7 Å². The van der Waals surface area contributed by atoms with E-state index >= 15 is 0 Å². The Labute approximate surface area is 123 Å². The molecule has 3 rings (SSSR count). The average molecular weight is 278 g/mol. The zero-order valence-electron chi connectivity index (χ0n) is 13.0. The second-order valence-corrected chi connectivity index (χ2v) is 7.21. The number of carbonyl (C=O) groups is 1. The van der Waals surface area contributed by atoms with Gasteiger partial charge in [-0.25, -0.2) is 0 Å². The molecule has 0 aromatic heterocycles. The highest BCUT2D eigenvalue weighted by Crippen LogP contribution is 2.40. The van der Waals surface area contributed by atoms with Gasteiger partial charge in [0, 0.05) is 19.1 Å². The Bertz CT molecular complexity index is 347. The van der Waals surface area contributed by atoms with Crippen molar-refractivity contribution in [3.05, 3.63) is 0 Å². The van der Waals surface area contributed by atoms with Crippen LogP contribution in [-0.2, 0) is 4.79 Å². The van der Waals surface area contributed by atoms with Crippen LogP contribution in [0, 0.1) is 11.3 Å². The third-order valence-electron chi connectivity index (χ3n) is 5.93. The topological polar surface area (TPSA) is 32.3 Å². The van der Waals surface area contributed by atoms with Gasteiger partial charge in [0.05, 0.1) is 5.41 Å². The van der Waals surface area contributed by atoms with Crippen LogP contribution in [0.3, 0.4) is 0 Å². The summed E-state index contributed by atoms with van der Waals surface area (Å²) in [6.07, 6.45) is 11.1. The maximum Gasteiger partial charge on any atom is 0.230 e. The van der Waals surface area contributed by atoms with Gasteiger partial charge in [0.1, 0.15) is 0 Å². The molecule has 0 bridgehead atoms. The minimum Gasteiger partial charge on any atom is -0.339 e. The molecule has 0 aromatic carbocycles. The average Bonchev–Trinajstić information content (AvgIpc) is 2.96. The molecule has 1 N–H and O–H groups in total. The Morgan fingerprint density at radius 1 is 1.25 bits per heavy atom. The third kappa shape index (κ3) is 2.49. The van der Waals surface area contributed by atoms with E-state index in [0.29, 0.717) is 11.9 Å². The first kappa shape index (κ1) is 14.4. The highest BCUT2D eigenvalue weighted by molar-refractivity contribution is 5.84. The molecule has 0 aromatic rings. The van der Waals surface area contributed by atoms with E-state index < -0.39 is 0 Å². The molecule has 3 atom stereocenters. The minimum absolute atomic E-state index is 0.0753. The monoisotopic (exact) mass is 278 g/mol. The number of rotatable bonds is 3. The van der Waals surface area contributed by atoms with Gasteiger partial charge in [-0.3, -0.25) is 4.79 Å². The van der Waals surface area contributed by atoms with Crippen molar-refractivity contribution in [1.82, 2.24) is 10.2 Å². The summed E-state index contributed by atoms with van der Waals surface area (Å²) >= 11 is 0. The van der Waals surface area contributed by atoms with E-state index in [1.807, 2.05) is 0 Å². The van der Waals surface area contributed by atoms with E-state index in [0.717, 1.165) is 44.8 Å². The molecule has 0 radical (unpaired) electrons. The number of amides is 1. The Kier molecular flexibility index (Phi) is 4.34. The van der Waals surface area contributed by atoms with Crippen LogP contribution < -0.4 is 5.32 Å². The molecule has 3 nitrogen and oxygen atoms in total. The zero-order valence-corrected chi connectivity index (χ0v) is 13.0. The first-order valence-electron chi connectivity index (χ1n) is 8.79. The van der Waals surface area contributed by atoms with Crippen molar-refractivity contribution in [2.45, 2.75) is 70.8 Å². The molecular weight excluding hydrogens is 248 g/mol. The van der Waals surface area contributed by atoms with Crippen LogP contribution in [0.25, 0.3) is 0 Å². The summed E-state index contributed by atoms with van der Waals surface area (Å²) in [6, 6.07) is 0.569. The molecule has 1 amide bonds. The summed E-state index contributed by atoms with van der Waals surface area (Å²) in [5.74, 6) is 1.29. The fraction of sp³-hybridized carbons (Fsp3) is 0.941. The Morgan fingerprint density at radius 3 is 2.80 bits per heavy atom. The molecule has 0 spiro atoms. The van der Waals surface area contributed by atoms with Gasteiger partial charge in [-0.2, -0.15) is 0 Å². The van der Waals surface area contributed by atoms with Crippen molar-refractivity contribution in [1.29, 1.82) is 0 Å². The number of carbonyl (C=O) groups excluding carboxylic acids is 1. The molecule has 3 fully saturated rings. The minimum atomic E-state index is -0.0753. The maximum absolute atomic E-state index is 13.3. The fourth-order valence-corrected chi connectivity index (χ4v) is 4.91. The van der Waals surface area contributed by atoms with Crippen LogP contribution in [0.2, 0.25) is 0 Å². The molecule has 114 valence electrons. The molecule has 1 aliphatic carbocycles. The molecule has 2 aliphatic heterocycles. The van der Waals surface area contributed by atoms with Crippen molar-refractivity contribution in [3.8, 4) is 0 Å². The predicted molar refractivity (Wildman–Crippen MR) is 81.5 cm³/mol. The molecular formula is C17H30N2O. The Hall–Kier alpha value is -0.570. The molecule has 1 saturated carbocycles. The molecule has 3 aliphatic rings.